The number of aryl methyl sites for hydroxylation is 1. The second-order valence-electron chi connectivity index (χ2n) is 3.82. The molecule has 1 aromatic carbocycles. The van der Waals surface area contributed by atoms with E-state index in [2.05, 4.69) is 4.72 Å². The summed E-state index contributed by atoms with van der Waals surface area (Å²) in [5, 5.41) is 0. The molecule has 0 aliphatic rings. The third-order valence-corrected chi connectivity index (χ3v) is 2.76. The van der Waals surface area contributed by atoms with E-state index in [9.17, 15) is 8.42 Å². The maximum Gasteiger partial charge on any atom is 0.229 e. The minimum Gasteiger partial charge on any atom is -0.330 e. The van der Waals surface area contributed by atoms with Gasteiger partial charge in [-0.05, 0) is 43.5 Å². The van der Waals surface area contributed by atoms with Crippen molar-refractivity contribution in [2.45, 2.75) is 19.3 Å². The summed E-state index contributed by atoms with van der Waals surface area (Å²) in [5.41, 5.74) is 7.16. The zero-order chi connectivity index (χ0) is 12.0. The van der Waals surface area contributed by atoms with Gasteiger partial charge in [0.2, 0.25) is 10.0 Å². The quantitative estimate of drug-likeness (QED) is 0.739. The Balaban J connectivity index is 2.64. The van der Waals surface area contributed by atoms with Crippen LogP contribution < -0.4 is 10.5 Å². The van der Waals surface area contributed by atoms with Crippen LogP contribution in [0.4, 0.5) is 5.69 Å². The Bertz CT molecular complexity index is 429. The fourth-order valence-corrected chi connectivity index (χ4v) is 2.03. The van der Waals surface area contributed by atoms with E-state index in [0.717, 1.165) is 31.1 Å². The van der Waals surface area contributed by atoms with Gasteiger partial charge in [0.05, 0.1) is 6.26 Å². The Morgan fingerprint density at radius 2 is 2.06 bits per heavy atom. The van der Waals surface area contributed by atoms with Gasteiger partial charge in [-0.3, -0.25) is 4.72 Å². The van der Waals surface area contributed by atoms with Crippen LogP contribution in [-0.2, 0) is 16.4 Å². The molecule has 5 heteroatoms. The largest absolute Gasteiger partial charge is 0.330 e. The Kier molecular flexibility index (Phi) is 4.76. The third-order valence-electron chi connectivity index (χ3n) is 2.15. The van der Waals surface area contributed by atoms with Crippen molar-refractivity contribution in [1.29, 1.82) is 0 Å². The fraction of sp³-hybridized carbons (Fsp3) is 0.455. The number of nitrogens with two attached hydrogens (primary N) is 1. The van der Waals surface area contributed by atoms with Crippen LogP contribution in [0.15, 0.2) is 24.3 Å². The van der Waals surface area contributed by atoms with E-state index in [1.807, 2.05) is 18.2 Å². The minimum absolute atomic E-state index is 0.618. The molecule has 0 radical (unpaired) electrons. The highest BCUT2D eigenvalue weighted by atomic mass is 32.2. The van der Waals surface area contributed by atoms with Crippen molar-refractivity contribution in [3.8, 4) is 0 Å². The van der Waals surface area contributed by atoms with Crippen molar-refractivity contribution in [2.24, 2.45) is 5.73 Å². The van der Waals surface area contributed by atoms with Gasteiger partial charge in [0, 0.05) is 5.69 Å². The Labute approximate surface area is 96.9 Å². The molecular weight excluding hydrogens is 224 g/mol. The first-order valence-electron chi connectivity index (χ1n) is 5.28. The first kappa shape index (κ1) is 13.0. The molecule has 0 atom stereocenters. The molecular formula is C11H18N2O2S. The van der Waals surface area contributed by atoms with E-state index in [-0.39, 0.29) is 0 Å². The predicted octanol–water partition coefficient (Wildman–Crippen LogP) is 1.34. The second-order valence-corrected chi connectivity index (χ2v) is 5.57. The van der Waals surface area contributed by atoms with Crippen LogP contribution in [-0.4, -0.2) is 21.2 Å². The molecule has 16 heavy (non-hydrogen) atoms. The molecule has 0 unspecified atom stereocenters. The molecule has 90 valence electrons. The van der Waals surface area contributed by atoms with Crippen molar-refractivity contribution >= 4 is 15.7 Å². The lowest BCUT2D eigenvalue weighted by Crippen LogP contribution is -2.09. The van der Waals surface area contributed by atoms with Crippen molar-refractivity contribution < 1.29 is 8.42 Å². The van der Waals surface area contributed by atoms with Crippen LogP contribution in [0.2, 0.25) is 0 Å². The van der Waals surface area contributed by atoms with Gasteiger partial charge in [-0.2, -0.15) is 0 Å². The number of sulfonamides is 1. The van der Waals surface area contributed by atoms with E-state index < -0.39 is 10.0 Å². The Morgan fingerprint density at radius 1 is 1.31 bits per heavy atom. The van der Waals surface area contributed by atoms with Crippen LogP contribution in [0.25, 0.3) is 0 Å². The molecule has 0 saturated carbocycles. The first-order chi connectivity index (χ1) is 7.51. The van der Waals surface area contributed by atoms with Gasteiger partial charge in [0.1, 0.15) is 0 Å². The highest BCUT2D eigenvalue weighted by Gasteiger charge is 2.02. The molecule has 0 fully saturated rings. The standard InChI is InChI=1S/C11H18N2O2S/c1-16(14,15)13-11-7-4-6-10(9-11)5-2-3-8-12/h4,6-7,9,13H,2-3,5,8,12H2,1H3. The van der Waals surface area contributed by atoms with Crippen LogP contribution in [0.5, 0.6) is 0 Å². The van der Waals surface area contributed by atoms with Gasteiger partial charge >= 0.3 is 0 Å². The molecule has 1 rings (SSSR count). The molecule has 0 aromatic heterocycles. The molecule has 0 amide bonds. The lowest BCUT2D eigenvalue weighted by molar-refractivity contribution is 0.607. The summed E-state index contributed by atoms with van der Waals surface area (Å²) in [6, 6.07) is 7.44. The summed E-state index contributed by atoms with van der Waals surface area (Å²) in [5.74, 6) is 0. The van der Waals surface area contributed by atoms with Crippen molar-refractivity contribution in [1.82, 2.24) is 0 Å². The summed E-state index contributed by atoms with van der Waals surface area (Å²) in [4.78, 5) is 0. The van der Waals surface area contributed by atoms with Crippen molar-refractivity contribution in [3.63, 3.8) is 0 Å². The molecule has 0 aliphatic heterocycles. The topological polar surface area (TPSA) is 72.2 Å². The van der Waals surface area contributed by atoms with Crippen LogP contribution in [0.3, 0.4) is 0 Å². The highest BCUT2D eigenvalue weighted by Crippen LogP contribution is 2.13. The zero-order valence-corrected chi connectivity index (χ0v) is 10.3. The molecule has 0 saturated heterocycles. The van der Waals surface area contributed by atoms with E-state index in [4.69, 9.17) is 5.73 Å². The maximum atomic E-state index is 11.0. The number of rotatable bonds is 6. The number of benzene rings is 1. The number of hydrogen-bond acceptors (Lipinski definition) is 3. The Morgan fingerprint density at radius 3 is 2.69 bits per heavy atom. The lowest BCUT2D eigenvalue weighted by atomic mass is 10.1. The lowest BCUT2D eigenvalue weighted by Gasteiger charge is -2.06. The third kappa shape index (κ3) is 5.14. The molecule has 0 aliphatic carbocycles. The summed E-state index contributed by atoms with van der Waals surface area (Å²) in [6.07, 6.45) is 4.09. The molecule has 0 heterocycles. The smallest absolute Gasteiger partial charge is 0.229 e. The molecule has 4 nitrogen and oxygen atoms in total. The van der Waals surface area contributed by atoms with Gasteiger partial charge < -0.3 is 5.73 Å². The average molecular weight is 242 g/mol. The maximum absolute atomic E-state index is 11.0. The van der Waals surface area contributed by atoms with Gasteiger partial charge in [-0.1, -0.05) is 12.1 Å². The average Bonchev–Trinajstić information content (AvgIpc) is 2.16. The van der Waals surface area contributed by atoms with Crippen LogP contribution >= 0.6 is 0 Å². The summed E-state index contributed by atoms with van der Waals surface area (Å²) >= 11 is 0. The van der Waals surface area contributed by atoms with Gasteiger partial charge in [-0.25, -0.2) is 8.42 Å². The van der Waals surface area contributed by atoms with E-state index >= 15 is 0 Å². The number of hydrogen-bond donors (Lipinski definition) is 2. The summed E-state index contributed by atoms with van der Waals surface area (Å²) in [7, 11) is -3.19. The monoisotopic (exact) mass is 242 g/mol. The highest BCUT2D eigenvalue weighted by molar-refractivity contribution is 7.92. The number of unbranched alkanes of at least 4 members (excludes halogenated alkanes) is 1. The Hall–Kier alpha value is -1.07. The van der Waals surface area contributed by atoms with E-state index in [1.54, 1.807) is 6.07 Å². The molecule has 3 N–H and O–H groups in total. The van der Waals surface area contributed by atoms with Gasteiger partial charge in [0.25, 0.3) is 0 Å². The SMILES string of the molecule is CS(=O)(=O)Nc1cccc(CCCCN)c1. The van der Waals surface area contributed by atoms with E-state index in [1.165, 1.54) is 0 Å². The summed E-state index contributed by atoms with van der Waals surface area (Å²) < 4.78 is 24.5. The predicted molar refractivity (Wildman–Crippen MR) is 66.9 cm³/mol. The number of nitrogens with one attached hydrogen (secondary N) is 1. The summed E-state index contributed by atoms with van der Waals surface area (Å²) in [6.45, 7) is 0.696. The molecule has 0 bridgehead atoms. The molecule has 1 aromatic rings. The van der Waals surface area contributed by atoms with Crippen molar-refractivity contribution in [2.75, 3.05) is 17.5 Å². The van der Waals surface area contributed by atoms with Crippen molar-refractivity contribution in [3.05, 3.63) is 29.8 Å². The fourth-order valence-electron chi connectivity index (χ4n) is 1.48. The minimum atomic E-state index is -3.19. The van der Waals surface area contributed by atoms with Gasteiger partial charge in [-0.15, -0.1) is 0 Å². The van der Waals surface area contributed by atoms with Crippen LogP contribution in [0, 0.1) is 0 Å². The van der Waals surface area contributed by atoms with E-state index in [0.29, 0.717) is 12.2 Å². The van der Waals surface area contributed by atoms with Gasteiger partial charge in [0.15, 0.2) is 0 Å². The normalized spacial score (nSPS) is 11.4. The number of anilines is 1. The zero-order valence-electron chi connectivity index (χ0n) is 9.44. The first-order valence-corrected chi connectivity index (χ1v) is 7.17. The van der Waals surface area contributed by atoms with Crippen LogP contribution in [0.1, 0.15) is 18.4 Å². The second kappa shape index (κ2) is 5.86. The molecule has 0 spiro atoms.